The third-order valence-electron chi connectivity index (χ3n) is 4.00. The van der Waals surface area contributed by atoms with E-state index in [9.17, 15) is 0 Å². The Morgan fingerprint density at radius 2 is 2.18 bits per heavy atom. The van der Waals surface area contributed by atoms with Crippen molar-refractivity contribution >= 4 is 41.7 Å². The quantitative estimate of drug-likeness (QED) is 0.421. The second-order valence-corrected chi connectivity index (χ2v) is 7.49. The Balaban J connectivity index is 0.00000242. The molecule has 0 aromatic carbocycles. The first-order valence-corrected chi connectivity index (χ1v) is 8.53. The van der Waals surface area contributed by atoms with Crippen LogP contribution in [-0.4, -0.2) is 41.8 Å². The summed E-state index contributed by atoms with van der Waals surface area (Å²) in [6.07, 6.45) is 3.50. The van der Waals surface area contributed by atoms with Crippen molar-refractivity contribution in [3.63, 3.8) is 0 Å². The van der Waals surface area contributed by atoms with Gasteiger partial charge in [-0.15, -0.1) is 24.0 Å². The maximum atomic E-state index is 5.18. The van der Waals surface area contributed by atoms with Crippen LogP contribution < -0.4 is 10.6 Å². The highest BCUT2D eigenvalue weighted by Gasteiger charge is 2.29. The zero-order valence-electron chi connectivity index (χ0n) is 13.9. The van der Waals surface area contributed by atoms with Crippen LogP contribution in [0.3, 0.4) is 0 Å². The zero-order valence-corrected chi connectivity index (χ0v) is 17.0. The van der Waals surface area contributed by atoms with Gasteiger partial charge < -0.3 is 15.2 Å². The second-order valence-electron chi connectivity index (χ2n) is 5.81. The van der Waals surface area contributed by atoms with Crippen LogP contribution in [0, 0.1) is 13.8 Å². The van der Waals surface area contributed by atoms with Gasteiger partial charge in [0, 0.05) is 30.4 Å². The lowest BCUT2D eigenvalue weighted by Crippen LogP contribution is -2.44. The van der Waals surface area contributed by atoms with Gasteiger partial charge in [0.15, 0.2) is 5.96 Å². The number of guanidine groups is 1. The second kappa shape index (κ2) is 9.00. The van der Waals surface area contributed by atoms with E-state index >= 15 is 0 Å². The van der Waals surface area contributed by atoms with E-state index in [1.54, 1.807) is 0 Å². The van der Waals surface area contributed by atoms with Crippen LogP contribution in [0.25, 0.3) is 0 Å². The van der Waals surface area contributed by atoms with Gasteiger partial charge >= 0.3 is 0 Å². The summed E-state index contributed by atoms with van der Waals surface area (Å²) in [6, 6.07) is 0. The predicted molar refractivity (Wildman–Crippen MR) is 105 cm³/mol. The molecule has 0 saturated carbocycles. The van der Waals surface area contributed by atoms with Gasteiger partial charge in [0.2, 0.25) is 0 Å². The highest BCUT2D eigenvalue weighted by Crippen LogP contribution is 2.36. The van der Waals surface area contributed by atoms with Crippen LogP contribution in [0.2, 0.25) is 0 Å². The molecule has 1 aromatic rings. The van der Waals surface area contributed by atoms with Crippen molar-refractivity contribution in [3.8, 4) is 0 Å². The molecule has 7 heteroatoms. The van der Waals surface area contributed by atoms with E-state index in [1.807, 2.05) is 20.9 Å². The Morgan fingerprint density at radius 1 is 1.41 bits per heavy atom. The van der Waals surface area contributed by atoms with E-state index in [0.29, 0.717) is 4.75 Å². The molecule has 1 fully saturated rings. The molecule has 1 atom stereocenters. The Labute approximate surface area is 154 Å². The van der Waals surface area contributed by atoms with Gasteiger partial charge in [-0.3, -0.25) is 4.99 Å². The minimum absolute atomic E-state index is 0. The molecule has 126 valence electrons. The van der Waals surface area contributed by atoms with Gasteiger partial charge in [-0.05, 0) is 45.8 Å². The van der Waals surface area contributed by atoms with Gasteiger partial charge in [0.1, 0.15) is 5.76 Å². The largest absolute Gasteiger partial charge is 0.361 e. The van der Waals surface area contributed by atoms with Crippen LogP contribution >= 0.6 is 35.7 Å². The van der Waals surface area contributed by atoms with Crippen LogP contribution in [0.4, 0.5) is 0 Å². The third-order valence-corrected chi connectivity index (χ3v) is 5.54. The minimum atomic E-state index is 0. The number of rotatable bonds is 5. The van der Waals surface area contributed by atoms with Gasteiger partial charge in [-0.2, -0.15) is 11.8 Å². The van der Waals surface area contributed by atoms with Crippen LogP contribution in [-0.2, 0) is 6.42 Å². The van der Waals surface area contributed by atoms with Crippen molar-refractivity contribution in [3.05, 3.63) is 17.0 Å². The summed E-state index contributed by atoms with van der Waals surface area (Å²) in [7, 11) is 1.81. The highest BCUT2D eigenvalue weighted by atomic mass is 127. The summed E-state index contributed by atoms with van der Waals surface area (Å²) < 4.78 is 5.53. The van der Waals surface area contributed by atoms with E-state index in [0.717, 1.165) is 36.9 Å². The van der Waals surface area contributed by atoms with Gasteiger partial charge in [-0.25, -0.2) is 0 Å². The molecular formula is C15H27IN4OS. The first kappa shape index (κ1) is 19.6. The number of nitrogens with zero attached hydrogens (tertiary/aromatic N) is 2. The van der Waals surface area contributed by atoms with Crippen LogP contribution in [0.5, 0.6) is 0 Å². The number of hydrogen-bond acceptors (Lipinski definition) is 4. The summed E-state index contributed by atoms with van der Waals surface area (Å²) >= 11 is 2.06. The molecule has 1 aromatic heterocycles. The van der Waals surface area contributed by atoms with Gasteiger partial charge in [0.25, 0.3) is 0 Å². The van der Waals surface area contributed by atoms with Crippen LogP contribution in [0.1, 0.15) is 36.8 Å². The smallest absolute Gasteiger partial charge is 0.191 e. The highest BCUT2D eigenvalue weighted by molar-refractivity contribution is 14.0. The molecule has 5 nitrogen and oxygen atoms in total. The molecule has 0 amide bonds. The van der Waals surface area contributed by atoms with Crippen molar-refractivity contribution in [1.29, 1.82) is 0 Å². The fourth-order valence-corrected chi connectivity index (χ4v) is 3.88. The third kappa shape index (κ3) is 5.33. The van der Waals surface area contributed by atoms with Crippen molar-refractivity contribution in [2.45, 2.75) is 44.8 Å². The number of nitrogens with one attached hydrogen (secondary N) is 2. The fraction of sp³-hybridized carbons (Fsp3) is 0.733. The topological polar surface area (TPSA) is 62.5 Å². The number of thioether (sulfide) groups is 1. The van der Waals surface area contributed by atoms with Crippen LogP contribution in [0.15, 0.2) is 9.52 Å². The lowest BCUT2D eigenvalue weighted by molar-refractivity contribution is 0.392. The molecule has 2 N–H and O–H groups in total. The SMILES string of the molecule is CN=C(NCCc1c(C)noc1C)NCC1(C)CCCS1.I. The van der Waals surface area contributed by atoms with Crippen molar-refractivity contribution in [2.75, 3.05) is 25.9 Å². The molecule has 1 aliphatic rings. The summed E-state index contributed by atoms with van der Waals surface area (Å²) in [6.45, 7) is 8.06. The van der Waals surface area contributed by atoms with E-state index < -0.39 is 0 Å². The molecule has 2 rings (SSSR count). The van der Waals surface area contributed by atoms with Crippen molar-refractivity contribution in [1.82, 2.24) is 15.8 Å². The van der Waals surface area contributed by atoms with Gasteiger partial charge in [0.05, 0.1) is 5.69 Å². The Hall–Kier alpha value is -0.440. The molecule has 0 bridgehead atoms. The average Bonchev–Trinajstić information content (AvgIpc) is 3.03. The normalized spacial score (nSPS) is 21.5. The molecular weight excluding hydrogens is 411 g/mol. The Morgan fingerprint density at radius 3 is 2.73 bits per heavy atom. The first-order valence-electron chi connectivity index (χ1n) is 7.54. The molecule has 0 aliphatic carbocycles. The lowest BCUT2D eigenvalue weighted by atomic mass is 10.1. The minimum Gasteiger partial charge on any atom is -0.361 e. The lowest BCUT2D eigenvalue weighted by Gasteiger charge is -2.24. The summed E-state index contributed by atoms with van der Waals surface area (Å²) in [5.41, 5.74) is 2.17. The number of halogens is 1. The first-order chi connectivity index (χ1) is 10.0. The summed E-state index contributed by atoms with van der Waals surface area (Å²) in [5, 5.41) is 10.8. The summed E-state index contributed by atoms with van der Waals surface area (Å²) in [4.78, 5) is 4.29. The Bertz CT molecular complexity index is 478. The molecule has 2 heterocycles. The fourth-order valence-electron chi connectivity index (χ4n) is 2.63. The van der Waals surface area contributed by atoms with Crippen molar-refractivity contribution < 1.29 is 4.52 Å². The maximum absolute atomic E-state index is 5.18. The molecule has 0 spiro atoms. The van der Waals surface area contributed by atoms with Gasteiger partial charge in [-0.1, -0.05) is 5.16 Å². The number of aromatic nitrogens is 1. The van der Waals surface area contributed by atoms with E-state index in [2.05, 4.69) is 39.5 Å². The molecule has 0 radical (unpaired) electrons. The Kier molecular flexibility index (Phi) is 8.02. The standard InChI is InChI=1S/C15H26N4OS.HI/c1-11-13(12(2)20-19-11)6-8-17-14(16-4)18-10-15(3)7-5-9-21-15;/h5-10H2,1-4H3,(H2,16,17,18);1H. The number of aryl methyl sites for hydroxylation is 2. The molecule has 22 heavy (non-hydrogen) atoms. The average molecular weight is 438 g/mol. The molecule has 1 saturated heterocycles. The van der Waals surface area contributed by atoms with E-state index in [4.69, 9.17) is 4.52 Å². The molecule has 1 aliphatic heterocycles. The number of aliphatic imine (C=N–C) groups is 1. The predicted octanol–water partition coefficient (Wildman–Crippen LogP) is 2.90. The van der Waals surface area contributed by atoms with E-state index in [1.165, 1.54) is 24.2 Å². The van der Waals surface area contributed by atoms with E-state index in [-0.39, 0.29) is 24.0 Å². The van der Waals surface area contributed by atoms with Crippen molar-refractivity contribution in [2.24, 2.45) is 4.99 Å². The number of hydrogen-bond donors (Lipinski definition) is 2. The molecule has 1 unspecified atom stereocenters. The summed E-state index contributed by atoms with van der Waals surface area (Å²) in [5.74, 6) is 3.05. The zero-order chi connectivity index (χ0) is 15.3. The monoisotopic (exact) mass is 438 g/mol. The maximum Gasteiger partial charge on any atom is 0.191 e.